The second-order valence-electron chi connectivity index (χ2n) is 6.08. The smallest absolute Gasteiger partial charge is 0.256 e. The van der Waals surface area contributed by atoms with Crippen LogP contribution in [0.3, 0.4) is 0 Å². The van der Waals surface area contributed by atoms with Crippen molar-refractivity contribution >= 4 is 0 Å². The Morgan fingerprint density at radius 2 is 2.05 bits per heavy atom. The maximum absolute atomic E-state index is 12.0. The fourth-order valence-electron chi connectivity index (χ4n) is 2.98. The van der Waals surface area contributed by atoms with Crippen LogP contribution in [0.2, 0.25) is 0 Å². The molecule has 118 valence electrons. The van der Waals surface area contributed by atoms with Gasteiger partial charge in [-0.25, -0.2) is 4.98 Å². The minimum Gasteiger partial charge on any atom is -0.299 e. The second-order valence-corrected chi connectivity index (χ2v) is 6.08. The van der Waals surface area contributed by atoms with Crippen LogP contribution in [-0.4, -0.2) is 42.5 Å². The molecule has 0 amide bonds. The Morgan fingerprint density at radius 1 is 1.27 bits per heavy atom. The molecule has 2 aromatic rings. The van der Waals surface area contributed by atoms with Crippen LogP contribution in [0.5, 0.6) is 0 Å². The molecule has 0 saturated carbocycles. The predicted octanol–water partition coefficient (Wildman–Crippen LogP) is 0.592. The Hall–Kier alpha value is -2.02. The lowest BCUT2D eigenvalue weighted by Crippen LogP contribution is -2.36. The number of aryl methyl sites for hydroxylation is 2. The number of hydrogen-bond donors (Lipinski definition) is 0. The van der Waals surface area contributed by atoms with Crippen LogP contribution in [0, 0.1) is 12.8 Å². The molecule has 22 heavy (non-hydrogen) atoms. The Bertz CT molecular complexity index is 683. The van der Waals surface area contributed by atoms with Gasteiger partial charge in [-0.2, -0.15) is 15.0 Å². The van der Waals surface area contributed by atoms with Crippen LogP contribution in [0.25, 0.3) is 0 Å². The summed E-state index contributed by atoms with van der Waals surface area (Å²) in [6.07, 6.45) is 7.30. The summed E-state index contributed by atoms with van der Waals surface area (Å²) in [5, 5.41) is 8.43. The third kappa shape index (κ3) is 3.41. The van der Waals surface area contributed by atoms with Crippen LogP contribution in [0.1, 0.15) is 24.1 Å². The molecule has 0 spiro atoms. The molecule has 1 aliphatic rings. The van der Waals surface area contributed by atoms with E-state index in [0.29, 0.717) is 11.5 Å². The minimum atomic E-state index is 0.0805. The second kappa shape index (κ2) is 6.39. The van der Waals surface area contributed by atoms with Crippen LogP contribution < -0.4 is 5.56 Å². The van der Waals surface area contributed by atoms with Crippen molar-refractivity contribution in [2.75, 3.05) is 13.1 Å². The molecule has 0 unspecified atom stereocenters. The average Bonchev–Trinajstić information content (AvgIpc) is 2.91. The molecule has 2 aromatic heterocycles. The standard InChI is InChI=1S/C15H22N6O/c1-12-7-16-11-21(15(12)22)9-13-3-5-20(6-4-13)10-14-8-17-19(2)18-14/h7-8,11,13H,3-6,9-10H2,1-2H3. The zero-order valence-corrected chi connectivity index (χ0v) is 13.1. The van der Waals surface area contributed by atoms with Crippen molar-refractivity contribution in [2.45, 2.75) is 32.9 Å². The van der Waals surface area contributed by atoms with Gasteiger partial charge in [0.15, 0.2) is 0 Å². The first-order valence-electron chi connectivity index (χ1n) is 7.70. The van der Waals surface area contributed by atoms with E-state index in [9.17, 15) is 4.79 Å². The topological polar surface area (TPSA) is 68.8 Å². The molecule has 3 rings (SSSR count). The lowest BCUT2D eigenvalue weighted by molar-refractivity contribution is 0.164. The van der Waals surface area contributed by atoms with Gasteiger partial charge in [0.05, 0.1) is 18.2 Å². The summed E-state index contributed by atoms with van der Waals surface area (Å²) in [4.78, 5) is 20.2. The zero-order chi connectivity index (χ0) is 15.5. The van der Waals surface area contributed by atoms with E-state index < -0.39 is 0 Å². The Balaban J connectivity index is 1.53. The molecule has 0 radical (unpaired) electrons. The van der Waals surface area contributed by atoms with E-state index in [2.05, 4.69) is 20.1 Å². The number of rotatable bonds is 4. The van der Waals surface area contributed by atoms with Gasteiger partial charge in [0.2, 0.25) is 0 Å². The highest BCUT2D eigenvalue weighted by Gasteiger charge is 2.20. The van der Waals surface area contributed by atoms with Gasteiger partial charge in [-0.1, -0.05) is 0 Å². The molecule has 3 heterocycles. The molecule has 1 aliphatic heterocycles. The van der Waals surface area contributed by atoms with Crippen molar-refractivity contribution in [3.8, 4) is 0 Å². The number of nitrogens with zero attached hydrogens (tertiary/aromatic N) is 6. The van der Waals surface area contributed by atoms with Gasteiger partial charge in [0.1, 0.15) is 0 Å². The summed E-state index contributed by atoms with van der Waals surface area (Å²) < 4.78 is 1.75. The zero-order valence-electron chi connectivity index (χ0n) is 13.1. The molecule has 0 bridgehead atoms. The largest absolute Gasteiger partial charge is 0.299 e. The molecule has 0 aromatic carbocycles. The number of piperidine rings is 1. The van der Waals surface area contributed by atoms with Gasteiger partial charge < -0.3 is 0 Å². The van der Waals surface area contributed by atoms with E-state index in [1.807, 2.05) is 20.2 Å². The quantitative estimate of drug-likeness (QED) is 0.827. The van der Waals surface area contributed by atoms with Gasteiger partial charge in [-0.05, 0) is 38.8 Å². The van der Waals surface area contributed by atoms with E-state index >= 15 is 0 Å². The Kier molecular flexibility index (Phi) is 4.33. The molecule has 7 heteroatoms. The molecule has 0 N–H and O–H groups in total. The molecule has 1 saturated heterocycles. The van der Waals surface area contributed by atoms with Crippen molar-refractivity contribution in [1.29, 1.82) is 0 Å². The van der Waals surface area contributed by atoms with Crippen LogP contribution in [-0.2, 0) is 20.1 Å². The maximum atomic E-state index is 12.0. The molecule has 7 nitrogen and oxygen atoms in total. The first-order chi connectivity index (χ1) is 10.6. The van der Waals surface area contributed by atoms with Gasteiger partial charge in [-0.3, -0.25) is 14.3 Å². The van der Waals surface area contributed by atoms with E-state index in [-0.39, 0.29) is 5.56 Å². The normalized spacial score (nSPS) is 17.0. The SMILES string of the molecule is Cc1cncn(CC2CCN(Cc3cnn(C)n3)CC2)c1=O. The lowest BCUT2D eigenvalue weighted by Gasteiger charge is -2.31. The van der Waals surface area contributed by atoms with Crippen LogP contribution in [0.4, 0.5) is 0 Å². The molecular formula is C15H22N6O. The first kappa shape index (κ1) is 14.9. The third-order valence-corrected chi connectivity index (χ3v) is 4.27. The number of aromatic nitrogens is 5. The van der Waals surface area contributed by atoms with Crippen molar-refractivity contribution in [2.24, 2.45) is 13.0 Å². The van der Waals surface area contributed by atoms with Gasteiger partial charge in [0.25, 0.3) is 5.56 Å². The van der Waals surface area contributed by atoms with Gasteiger partial charge in [-0.15, -0.1) is 0 Å². The lowest BCUT2D eigenvalue weighted by atomic mass is 9.96. The van der Waals surface area contributed by atoms with Gasteiger partial charge in [0, 0.05) is 31.9 Å². The third-order valence-electron chi connectivity index (χ3n) is 4.27. The average molecular weight is 302 g/mol. The summed E-state index contributed by atoms with van der Waals surface area (Å²) in [6.45, 7) is 5.51. The fraction of sp³-hybridized carbons (Fsp3) is 0.600. The molecule has 0 aliphatic carbocycles. The van der Waals surface area contributed by atoms with Crippen molar-refractivity contribution in [3.05, 3.63) is 40.3 Å². The Morgan fingerprint density at radius 3 is 2.73 bits per heavy atom. The summed E-state index contributed by atoms with van der Waals surface area (Å²) in [6, 6.07) is 0. The molecular weight excluding hydrogens is 280 g/mol. The van der Waals surface area contributed by atoms with Crippen molar-refractivity contribution in [1.82, 2.24) is 29.4 Å². The van der Waals surface area contributed by atoms with Crippen molar-refractivity contribution in [3.63, 3.8) is 0 Å². The highest BCUT2D eigenvalue weighted by Crippen LogP contribution is 2.19. The summed E-state index contributed by atoms with van der Waals surface area (Å²) in [7, 11) is 1.84. The highest BCUT2D eigenvalue weighted by molar-refractivity contribution is 5.00. The van der Waals surface area contributed by atoms with E-state index in [0.717, 1.165) is 44.7 Å². The summed E-state index contributed by atoms with van der Waals surface area (Å²) >= 11 is 0. The number of hydrogen-bond acceptors (Lipinski definition) is 5. The van der Waals surface area contributed by atoms with Crippen LogP contribution >= 0.6 is 0 Å². The molecule has 0 atom stereocenters. The van der Waals surface area contributed by atoms with Crippen LogP contribution in [0.15, 0.2) is 23.5 Å². The van der Waals surface area contributed by atoms with E-state index in [1.54, 1.807) is 21.9 Å². The Labute approximate surface area is 129 Å². The van der Waals surface area contributed by atoms with Crippen molar-refractivity contribution < 1.29 is 0 Å². The predicted molar refractivity (Wildman–Crippen MR) is 82.2 cm³/mol. The minimum absolute atomic E-state index is 0.0805. The highest BCUT2D eigenvalue weighted by atomic mass is 16.1. The fourth-order valence-corrected chi connectivity index (χ4v) is 2.98. The summed E-state index contributed by atoms with van der Waals surface area (Å²) in [5.74, 6) is 0.541. The van der Waals surface area contributed by atoms with E-state index in [4.69, 9.17) is 0 Å². The van der Waals surface area contributed by atoms with Gasteiger partial charge >= 0.3 is 0 Å². The summed E-state index contributed by atoms with van der Waals surface area (Å²) in [5.41, 5.74) is 1.81. The monoisotopic (exact) mass is 302 g/mol. The maximum Gasteiger partial charge on any atom is 0.256 e. The van der Waals surface area contributed by atoms with E-state index in [1.165, 1.54) is 0 Å². The first-order valence-corrected chi connectivity index (χ1v) is 7.70. The molecule has 1 fully saturated rings. The number of likely N-dealkylation sites (tertiary alicyclic amines) is 1.